The zero-order valence-corrected chi connectivity index (χ0v) is 25.1. The summed E-state index contributed by atoms with van der Waals surface area (Å²) in [6.45, 7) is 0. The van der Waals surface area contributed by atoms with Crippen LogP contribution in [0.4, 0.5) is 0 Å². The van der Waals surface area contributed by atoms with Crippen molar-refractivity contribution in [3.8, 4) is 44.6 Å². The molecule has 0 saturated carbocycles. The van der Waals surface area contributed by atoms with Crippen molar-refractivity contribution in [2.45, 2.75) is 0 Å². The zero-order chi connectivity index (χ0) is 30.5. The topological polar surface area (TPSA) is 25.8 Å². The number of nitrogens with zero attached hydrogens (tertiary/aromatic N) is 2. The summed E-state index contributed by atoms with van der Waals surface area (Å²) < 4.78 is 0. The lowest BCUT2D eigenvalue weighted by Gasteiger charge is -2.19. The quantitative estimate of drug-likeness (QED) is 0.192. The Labute approximate surface area is 267 Å². The molecule has 0 amide bonds. The number of aromatic nitrogens is 2. The molecular formula is C44H28N2. The van der Waals surface area contributed by atoms with Crippen LogP contribution in [0, 0.1) is 0 Å². The Balaban J connectivity index is 1.26. The van der Waals surface area contributed by atoms with E-state index < -0.39 is 0 Å². The van der Waals surface area contributed by atoms with Gasteiger partial charge < -0.3 is 0 Å². The van der Waals surface area contributed by atoms with Crippen molar-refractivity contribution in [2.75, 3.05) is 0 Å². The van der Waals surface area contributed by atoms with Gasteiger partial charge in [-0.25, -0.2) is 0 Å². The van der Waals surface area contributed by atoms with E-state index in [0.717, 1.165) is 22.2 Å². The highest BCUT2D eigenvalue weighted by molar-refractivity contribution is 6.23. The third-order valence-electron chi connectivity index (χ3n) is 9.18. The standard InChI is InChI=1S/C44H28N2/c1-2-10-35-28-46-42(26-32(35)9-1)30-19-21-31(22-20-30)43-36-13-3-5-15-38(36)44(39-16-6-4-14-37(39)43)40-17-7-11-29-18-23-33(25-41(29)40)34-12-8-24-45-27-34/h1-28H. The summed E-state index contributed by atoms with van der Waals surface area (Å²) in [5.74, 6) is 0. The van der Waals surface area contributed by atoms with Crippen molar-refractivity contribution in [3.63, 3.8) is 0 Å². The van der Waals surface area contributed by atoms with E-state index in [2.05, 4.69) is 151 Å². The van der Waals surface area contributed by atoms with E-state index >= 15 is 0 Å². The minimum absolute atomic E-state index is 0.983. The Morgan fingerprint density at radius 3 is 1.70 bits per heavy atom. The number of benzene rings is 7. The van der Waals surface area contributed by atoms with Gasteiger partial charge in [0.1, 0.15) is 0 Å². The van der Waals surface area contributed by atoms with E-state index in [1.807, 2.05) is 24.7 Å². The van der Waals surface area contributed by atoms with Crippen LogP contribution in [0.1, 0.15) is 0 Å². The Kier molecular flexibility index (Phi) is 6.17. The van der Waals surface area contributed by atoms with E-state index in [4.69, 9.17) is 4.98 Å². The van der Waals surface area contributed by atoms with E-state index in [0.29, 0.717) is 0 Å². The second kappa shape index (κ2) is 10.8. The zero-order valence-electron chi connectivity index (χ0n) is 25.1. The maximum Gasteiger partial charge on any atom is 0.0708 e. The summed E-state index contributed by atoms with van der Waals surface area (Å²) in [6, 6.07) is 54.7. The summed E-state index contributed by atoms with van der Waals surface area (Å²) in [5.41, 5.74) is 9.33. The predicted octanol–water partition coefficient (Wildman–Crippen LogP) is 11.8. The van der Waals surface area contributed by atoms with Gasteiger partial charge in [0.15, 0.2) is 0 Å². The number of fused-ring (bicyclic) bond motifs is 4. The van der Waals surface area contributed by atoms with Crippen LogP contribution in [-0.4, -0.2) is 9.97 Å². The van der Waals surface area contributed by atoms with Gasteiger partial charge in [-0.05, 0) is 83.7 Å². The molecule has 0 radical (unpaired) electrons. The van der Waals surface area contributed by atoms with Gasteiger partial charge in [0, 0.05) is 35.1 Å². The molecule has 0 spiro atoms. The fourth-order valence-electron chi connectivity index (χ4n) is 6.98. The number of pyridine rings is 2. The fourth-order valence-corrected chi connectivity index (χ4v) is 6.98. The van der Waals surface area contributed by atoms with Crippen molar-refractivity contribution in [1.29, 1.82) is 0 Å². The van der Waals surface area contributed by atoms with Crippen LogP contribution in [0.15, 0.2) is 170 Å². The maximum absolute atomic E-state index is 4.77. The second-order valence-corrected chi connectivity index (χ2v) is 11.8. The molecule has 0 aliphatic heterocycles. The Bertz CT molecular complexity index is 2510. The second-order valence-electron chi connectivity index (χ2n) is 11.8. The van der Waals surface area contributed by atoms with E-state index in [1.165, 1.54) is 65.5 Å². The highest BCUT2D eigenvalue weighted by Gasteiger charge is 2.18. The van der Waals surface area contributed by atoms with Gasteiger partial charge in [-0.2, -0.15) is 0 Å². The van der Waals surface area contributed by atoms with Gasteiger partial charge in [-0.3, -0.25) is 9.97 Å². The van der Waals surface area contributed by atoms with Gasteiger partial charge in [-0.1, -0.05) is 133 Å². The molecule has 0 atom stereocenters. The van der Waals surface area contributed by atoms with Crippen LogP contribution in [0.5, 0.6) is 0 Å². The monoisotopic (exact) mass is 584 g/mol. The molecule has 2 heteroatoms. The molecule has 46 heavy (non-hydrogen) atoms. The van der Waals surface area contributed by atoms with Crippen LogP contribution in [0.25, 0.3) is 87.7 Å². The van der Waals surface area contributed by atoms with Crippen LogP contribution < -0.4 is 0 Å². The molecule has 0 N–H and O–H groups in total. The summed E-state index contributed by atoms with van der Waals surface area (Å²) in [7, 11) is 0. The molecule has 0 aliphatic carbocycles. The first-order valence-corrected chi connectivity index (χ1v) is 15.6. The molecule has 2 aromatic heterocycles. The van der Waals surface area contributed by atoms with E-state index in [-0.39, 0.29) is 0 Å². The first-order chi connectivity index (χ1) is 22.8. The molecule has 0 aliphatic rings. The lowest BCUT2D eigenvalue weighted by atomic mass is 9.84. The highest BCUT2D eigenvalue weighted by atomic mass is 14.7. The maximum atomic E-state index is 4.77. The van der Waals surface area contributed by atoms with E-state index in [9.17, 15) is 0 Å². The molecule has 0 saturated heterocycles. The number of hydrogen-bond donors (Lipinski definition) is 0. The Morgan fingerprint density at radius 2 is 0.978 bits per heavy atom. The molecule has 0 unspecified atom stereocenters. The first-order valence-electron chi connectivity index (χ1n) is 15.6. The average molecular weight is 585 g/mol. The summed E-state index contributed by atoms with van der Waals surface area (Å²) in [4.78, 5) is 9.14. The lowest BCUT2D eigenvalue weighted by Crippen LogP contribution is -1.92. The minimum atomic E-state index is 0.983. The molecule has 9 aromatic rings. The van der Waals surface area contributed by atoms with Gasteiger partial charge in [0.2, 0.25) is 0 Å². The molecule has 9 rings (SSSR count). The average Bonchev–Trinajstić information content (AvgIpc) is 3.14. The van der Waals surface area contributed by atoms with E-state index in [1.54, 1.807) is 0 Å². The van der Waals surface area contributed by atoms with Crippen LogP contribution in [0.2, 0.25) is 0 Å². The van der Waals surface area contributed by atoms with Gasteiger partial charge in [0.05, 0.1) is 5.69 Å². The number of rotatable bonds is 4. The molecule has 2 nitrogen and oxygen atoms in total. The van der Waals surface area contributed by atoms with Crippen molar-refractivity contribution in [2.24, 2.45) is 0 Å². The summed E-state index contributed by atoms with van der Waals surface area (Å²) >= 11 is 0. The largest absolute Gasteiger partial charge is 0.264 e. The number of hydrogen-bond acceptors (Lipinski definition) is 2. The SMILES string of the molecule is c1cncc(-c2ccc3cccc(-c4c5ccccc5c(-c5ccc(-c6cc7ccccc7cn6)cc5)c5ccccc45)c3c2)c1. The fraction of sp³-hybridized carbons (Fsp3) is 0. The van der Waals surface area contributed by atoms with Gasteiger partial charge in [0.25, 0.3) is 0 Å². The molecule has 7 aromatic carbocycles. The summed E-state index contributed by atoms with van der Waals surface area (Å²) in [6.07, 6.45) is 5.72. The highest BCUT2D eigenvalue weighted by Crippen LogP contribution is 2.45. The molecule has 214 valence electrons. The Hall–Kier alpha value is -6.12. The third-order valence-corrected chi connectivity index (χ3v) is 9.18. The molecule has 0 bridgehead atoms. The van der Waals surface area contributed by atoms with Gasteiger partial charge >= 0.3 is 0 Å². The lowest BCUT2D eigenvalue weighted by molar-refractivity contribution is 1.33. The Morgan fingerprint density at radius 1 is 0.348 bits per heavy atom. The third kappa shape index (κ3) is 4.35. The van der Waals surface area contributed by atoms with Crippen LogP contribution in [0.3, 0.4) is 0 Å². The smallest absolute Gasteiger partial charge is 0.0708 e. The summed E-state index contributed by atoms with van der Waals surface area (Å²) in [5, 5.41) is 9.79. The minimum Gasteiger partial charge on any atom is -0.264 e. The van der Waals surface area contributed by atoms with Crippen LogP contribution >= 0.6 is 0 Å². The van der Waals surface area contributed by atoms with Crippen molar-refractivity contribution >= 4 is 43.1 Å². The van der Waals surface area contributed by atoms with Crippen molar-refractivity contribution in [3.05, 3.63) is 170 Å². The van der Waals surface area contributed by atoms with Gasteiger partial charge in [-0.15, -0.1) is 0 Å². The molecule has 2 heterocycles. The van der Waals surface area contributed by atoms with Crippen molar-refractivity contribution < 1.29 is 0 Å². The van der Waals surface area contributed by atoms with Crippen LogP contribution in [-0.2, 0) is 0 Å². The normalized spacial score (nSPS) is 11.5. The predicted molar refractivity (Wildman–Crippen MR) is 194 cm³/mol. The first kappa shape index (κ1) is 26.3. The molecule has 0 fully saturated rings. The van der Waals surface area contributed by atoms with Crippen molar-refractivity contribution in [1.82, 2.24) is 9.97 Å². The molecular weight excluding hydrogens is 556 g/mol.